The lowest BCUT2D eigenvalue weighted by Crippen LogP contribution is -2.56. The standard InChI is InChI=1S/C23H23F5N4O3/c1-21(2,17-9-14(25)5-8-18(17)33)11-22(35,23(26,27)28)12-30-20(34)16-10-31-32(19(16)29)15-6-3-13(24)4-7-15/h3-10,33,35H,11-12,29H2,1-2H3,(H,30,34)/t22-/m1/s1. The van der Waals surface area contributed by atoms with Crippen molar-refractivity contribution < 1.29 is 37.0 Å². The predicted molar refractivity (Wildman–Crippen MR) is 117 cm³/mol. The third-order valence-corrected chi connectivity index (χ3v) is 5.61. The third-order valence-electron chi connectivity index (χ3n) is 5.61. The normalized spacial score (nSPS) is 13.9. The van der Waals surface area contributed by atoms with Gasteiger partial charge in [-0.05, 0) is 54.3 Å². The van der Waals surface area contributed by atoms with Gasteiger partial charge in [0.1, 0.15) is 28.8 Å². The van der Waals surface area contributed by atoms with Crippen LogP contribution in [0.15, 0.2) is 48.7 Å². The van der Waals surface area contributed by atoms with Gasteiger partial charge in [0.2, 0.25) is 0 Å². The Morgan fingerprint density at radius 1 is 1.09 bits per heavy atom. The van der Waals surface area contributed by atoms with E-state index in [1.54, 1.807) is 0 Å². The van der Waals surface area contributed by atoms with Gasteiger partial charge in [0.25, 0.3) is 5.91 Å². The molecule has 1 aromatic heterocycles. The number of alkyl halides is 3. The molecule has 7 nitrogen and oxygen atoms in total. The summed E-state index contributed by atoms with van der Waals surface area (Å²) in [6.07, 6.45) is -5.18. The quantitative estimate of drug-likeness (QED) is 0.370. The summed E-state index contributed by atoms with van der Waals surface area (Å²) >= 11 is 0. The van der Waals surface area contributed by atoms with Gasteiger partial charge < -0.3 is 21.3 Å². The van der Waals surface area contributed by atoms with Crippen LogP contribution in [0.4, 0.5) is 27.8 Å². The van der Waals surface area contributed by atoms with Crippen molar-refractivity contribution >= 4 is 11.7 Å². The second-order valence-electron chi connectivity index (χ2n) is 8.77. The maximum atomic E-state index is 13.9. The number of aromatic hydroxyl groups is 1. The largest absolute Gasteiger partial charge is 0.508 e. The van der Waals surface area contributed by atoms with Crippen LogP contribution in [0, 0.1) is 11.6 Å². The first-order chi connectivity index (χ1) is 16.1. The molecule has 3 rings (SSSR count). The first-order valence-corrected chi connectivity index (χ1v) is 10.3. The molecule has 0 unspecified atom stereocenters. The molecule has 0 fully saturated rings. The van der Waals surface area contributed by atoms with Crippen LogP contribution >= 0.6 is 0 Å². The number of nitrogens with two attached hydrogens (primary N) is 1. The van der Waals surface area contributed by atoms with Gasteiger partial charge >= 0.3 is 6.18 Å². The van der Waals surface area contributed by atoms with E-state index in [4.69, 9.17) is 5.73 Å². The minimum absolute atomic E-state index is 0.142. The number of phenolic OH excluding ortho intramolecular Hbond substituents is 1. The molecular formula is C23H23F5N4O3. The smallest absolute Gasteiger partial charge is 0.418 e. The number of nitrogens with one attached hydrogen (secondary N) is 1. The van der Waals surface area contributed by atoms with E-state index in [0.29, 0.717) is 5.69 Å². The van der Waals surface area contributed by atoms with Crippen molar-refractivity contribution in [2.45, 2.75) is 37.5 Å². The number of nitrogens with zero attached hydrogens (tertiary/aromatic N) is 2. The zero-order valence-electron chi connectivity index (χ0n) is 18.7. The summed E-state index contributed by atoms with van der Waals surface area (Å²) in [6.45, 7) is 1.34. The Balaban J connectivity index is 1.83. The number of phenols is 1. The topological polar surface area (TPSA) is 113 Å². The van der Waals surface area contributed by atoms with Gasteiger partial charge in [-0.25, -0.2) is 13.5 Å². The molecule has 0 bridgehead atoms. The number of nitrogen functional groups attached to an aromatic ring is 1. The van der Waals surface area contributed by atoms with Gasteiger partial charge in [-0.15, -0.1) is 0 Å². The minimum Gasteiger partial charge on any atom is -0.508 e. The molecule has 0 radical (unpaired) electrons. The fourth-order valence-electron chi connectivity index (χ4n) is 3.78. The number of carbonyl (C=O) groups excluding carboxylic acids is 1. The number of benzene rings is 2. The van der Waals surface area contributed by atoms with Gasteiger partial charge in [0, 0.05) is 5.56 Å². The Hall–Kier alpha value is -3.67. The van der Waals surface area contributed by atoms with Crippen LogP contribution < -0.4 is 11.1 Å². The molecule has 0 aliphatic heterocycles. The van der Waals surface area contributed by atoms with E-state index in [-0.39, 0.29) is 16.9 Å². The number of rotatable bonds is 7. The summed E-state index contributed by atoms with van der Waals surface area (Å²) < 4.78 is 69.6. The lowest BCUT2D eigenvalue weighted by atomic mass is 9.74. The van der Waals surface area contributed by atoms with Crippen molar-refractivity contribution in [2.24, 2.45) is 0 Å². The molecule has 2 aromatic carbocycles. The molecule has 188 valence electrons. The summed E-state index contributed by atoms with van der Waals surface area (Å²) in [6, 6.07) is 7.79. The number of hydrogen-bond acceptors (Lipinski definition) is 5. The fraction of sp³-hybridized carbons (Fsp3) is 0.304. The van der Waals surface area contributed by atoms with Crippen molar-refractivity contribution in [1.29, 1.82) is 0 Å². The van der Waals surface area contributed by atoms with E-state index in [2.05, 4.69) is 5.10 Å². The number of aliphatic hydroxyl groups is 1. The predicted octanol–water partition coefficient (Wildman–Crippen LogP) is 3.83. The Morgan fingerprint density at radius 2 is 1.69 bits per heavy atom. The maximum Gasteiger partial charge on any atom is 0.418 e. The van der Waals surface area contributed by atoms with E-state index in [0.717, 1.165) is 41.2 Å². The average molecular weight is 498 g/mol. The van der Waals surface area contributed by atoms with Gasteiger partial charge in [0.05, 0.1) is 18.4 Å². The van der Waals surface area contributed by atoms with Crippen molar-refractivity contribution in [2.75, 3.05) is 12.3 Å². The zero-order chi connectivity index (χ0) is 26.2. The number of halogens is 5. The van der Waals surface area contributed by atoms with Crippen LogP contribution in [0.1, 0.15) is 36.2 Å². The summed E-state index contributed by atoms with van der Waals surface area (Å²) in [5.41, 5.74) is 0.826. The van der Waals surface area contributed by atoms with Gasteiger partial charge in [-0.2, -0.15) is 18.3 Å². The Bertz CT molecular complexity index is 1220. The lowest BCUT2D eigenvalue weighted by molar-refractivity contribution is -0.263. The number of amides is 1. The first kappa shape index (κ1) is 25.9. The molecule has 1 atom stereocenters. The lowest BCUT2D eigenvalue weighted by Gasteiger charge is -2.38. The van der Waals surface area contributed by atoms with Crippen LogP contribution in [0.25, 0.3) is 5.69 Å². The molecule has 0 aliphatic rings. The van der Waals surface area contributed by atoms with Crippen LogP contribution in [-0.2, 0) is 5.41 Å². The third kappa shape index (κ3) is 5.37. The fourth-order valence-corrected chi connectivity index (χ4v) is 3.78. The molecule has 12 heteroatoms. The molecule has 0 spiro atoms. The molecule has 35 heavy (non-hydrogen) atoms. The first-order valence-electron chi connectivity index (χ1n) is 10.3. The molecule has 0 saturated carbocycles. The van der Waals surface area contributed by atoms with Gasteiger partial charge in [-0.3, -0.25) is 4.79 Å². The molecule has 0 aliphatic carbocycles. The average Bonchev–Trinajstić information content (AvgIpc) is 3.14. The van der Waals surface area contributed by atoms with Crippen molar-refractivity contribution in [3.05, 3.63) is 71.4 Å². The molecule has 3 aromatic rings. The van der Waals surface area contributed by atoms with E-state index < -0.39 is 53.4 Å². The SMILES string of the molecule is CC(C)(C[C@@](O)(CNC(=O)c1cnn(-c2ccc(F)cc2)c1N)C(F)(F)F)c1cc(F)ccc1O. The van der Waals surface area contributed by atoms with E-state index >= 15 is 0 Å². The van der Waals surface area contributed by atoms with Gasteiger partial charge in [-0.1, -0.05) is 13.8 Å². The summed E-state index contributed by atoms with van der Waals surface area (Å²) in [5, 5.41) is 26.5. The molecule has 1 amide bonds. The summed E-state index contributed by atoms with van der Waals surface area (Å²) in [4.78, 5) is 12.6. The molecular weight excluding hydrogens is 475 g/mol. The second-order valence-corrected chi connectivity index (χ2v) is 8.77. The Morgan fingerprint density at radius 3 is 2.29 bits per heavy atom. The zero-order valence-corrected chi connectivity index (χ0v) is 18.7. The van der Waals surface area contributed by atoms with Crippen molar-refractivity contribution in [1.82, 2.24) is 15.1 Å². The van der Waals surface area contributed by atoms with E-state index in [1.165, 1.54) is 26.0 Å². The molecule has 5 N–H and O–H groups in total. The Kier molecular flexibility index (Phi) is 6.80. The van der Waals surface area contributed by atoms with Crippen LogP contribution in [-0.4, -0.2) is 44.2 Å². The summed E-state index contributed by atoms with van der Waals surface area (Å²) in [7, 11) is 0. The summed E-state index contributed by atoms with van der Waals surface area (Å²) in [5.74, 6) is -2.98. The number of aromatic nitrogens is 2. The molecule has 1 heterocycles. The Labute approximate surface area is 197 Å². The van der Waals surface area contributed by atoms with Gasteiger partial charge in [0.15, 0.2) is 5.60 Å². The molecule has 0 saturated heterocycles. The van der Waals surface area contributed by atoms with Crippen molar-refractivity contribution in [3.8, 4) is 11.4 Å². The highest BCUT2D eigenvalue weighted by atomic mass is 19.4. The van der Waals surface area contributed by atoms with E-state index in [1.807, 2.05) is 5.32 Å². The number of carbonyl (C=O) groups is 1. The highest BCUT2D eigenvalue weighted by molar-refractivity contribution is 5.98. The highest BCUT2D eigenvalue weighted by Gasteiger charge is 2.56. The number of anilines is 1. The van der Waals surface area contributed by atoms with Crippen molar-refractivity contribution in [3.63, 3.8) is 0 Å². The van der Waals surface area contributed by atoms with Crippen LogP contribution in [0.2, 0.25) is 0 Å². The number of hydrogen-bond donors (Lipinski definition) is 4. The highest BCUT2D eigenvalue weighted by Crippen LogP contribution is 2.43. The van der Waals surface area contributed by atoms with Crippen LogP contribution in [0.3, 0.4) is 0 Å². The monoisotopic (exact) mass is 498 g/mol. The second kappa shape index (κ2) is 9.17. The van der Waals surface area contributed by atoms with Crippen LogP contribution in [0.5, 0.6) is 5.75 Å². The minimum atomic E-state index is -5.19. The maximum absolute atomic E-state index is 13.9. The van der Waals surface area contributed by atoms with E-state index in [9.17, 15) is 37.0 Å².